The minimum Gasteiger partial charge on any atom is -0.494 e. The maximum atomic E-state index is 13.0. The molecule has 0 saturated carbocycles. The van der Waals surface area contributed by atoms with Crippen molar-refractivity contribution in [2.45, 2.75) is 38.3 Å². The molecule has 3 aromatic heterocycles. The number of carbonyl (C=O) groups excluding carboxylic acids is 1. The van der Waals surface area contributed by atoms with E-state index in [4.69, 9.17) is 14.6 Å². The summed E-state index contributed by atoms with van der Waals surface area (Å²) < 4.78 is 14.9. The highest BCUT2D eigenvalue weighted by atomic mass is 16.5. The van der Waals surface area contributed by atoms with Crippen molar-refractivity contribution in [1.29, 1.82) is 5.26 Å². The third-order valence-corrected chi connectivity index (χ3v) is 7.23. The van der Waals surface area contributed by atoms with Gasteiger partial charge in [0.15, 0.2) is 5.60 Å². The molecule has 0 bridgehead atoms. The first kappa shape index (κ1) is 22.4. The number of hydrogen-bond acceptors (Lipinski definition) is 7. The van der Waals surface area contributed by atoms with E-state index in [1.807, 2.05) is 24.1 Å². The molecule has 0 aliphatic carbocycles. The lowest BCUT2D eigenvalue weighted by molar-refractivity contribution is -0.162. The van der Waals surface area contributed by atoms with Crippen LogP contribution in [-0.2, 0) is 9.53 Å². The number of carbonyl (C=O) groups is 1. The molecule has 0 aromatic carbocycles. The molecule has 0 atom stereocenters. The SMILES string of the molecule is COc1cc(-c2c(C)nn(C3CCN(C(=O)C4(OC)CNC4)CC3)c2C)cn2ncc(C#N)c12. The van der Waals surface area contributed by atoms with Crippen LogP contribution in [0.5, 0.6) is 5.75 Å². The van der Waals surface area contributed by atoms with Crippen molar-refractivity contribution in [2.75, 3.05) is 40.4 Å². The molecule has 2 fully saturated rings. The largest absolute Gasteiger partial charge is 0.494 e. The van der Waals surface area contributed by atoms with Gasteiger partial charge < -0.3 is 19.7 Å². The summed E-state index contributed by atoms with van der Waals surface area (Å²) in [4.78, 5) is 14.9. The Labute approximate surface area is 198 Å². The average molecular weight is 464 g/mol. The lowest BCUT2D eigenvalue weighted by Crippen LogP contribution is -2.69. The van der Waals surface area contributed by atoms with Gasteiger partial charge in [0.25, 0.3) is 5.91 Å². The maximum absolute atomic E-state index is 13.0. The zero-order valence-electron chi connectivity index (χ0n) is 20.0. The van der Waals surface area contributed by atoms with E-state index < -0.39 is 5.60 Å². The van der Waals surface area contributed by atoms with Crippen LogP contribution in [0.25, 0.3) is 16.6 Å². The van der Waals surface area contributed by atoms with Crippen molar-refractivity contribution in [2.24, 2.45) is 0 Å². The lowest BCUT2D eigenvalue weighted by atomic mass is 9.93. The van der Waals surface area contributed by atoms with E-state index in [0.29, 0.717) is 43.0 Å². The van der Waals surface area contributed by atoms with Crippen LogP contribution >= 0.6 is 0 Å². The standard InChI is InChI=1S/C24H29N7O3/c1-15-21(17-9-20(33-3)22-18(10-25)11-27-30(22)12-17)16(2)31(28-15)19-5-7-29(8-6-19)23(32)24(34-4)13-26-14-24/h9,11-12,19,26H,5-8,13-14H2,1-4H3. The van der Waals surface area contributed by atoms with E-state index in [0.717, 1.165) is 35.4 Å². The van der Waals surface area contributed by atoms with Crippen LogP contribution < -0.4 is 10.1 Å². The van der Waals surface area contributed by atoms with Gasteiger partial charge in [0.1, 0.15) is 22.9 Å². The molecular formula is C24H29N7O3. The molecular weight excluding hydrogens is 434 g/mol. The quantitative estimate of drug-likeness (QED) is 0.615. The second kappa shape index (κ2) is 8.42. The highest BCUT2D eigenvalue weighted by molar-refractivity contribution is 5.87. The number of aryl methyl sites for hydroxylation is 1. The predicted octanol–water partition coefficient (Wildman–Crippen LogP) is 1.85. The van der Waals surface area contributed by atoms with Gasteiger partial charge in [-0.2, -0.15) is 15.5 Å². The highest BCUT2D eigenvalue weighted by Gasteiger charge is 2.47. The topological polar surface area (TPSA) is 110 Å². The number of fused-ring (bicyclic) bond motifs is 1. The van der Waals surface area contributed by atoms with Crippen molar-refractivity contribution >= 4 is 11.4 Å². The monoisotopic (exact) mass is 463 g/mol. The zero-order valence-corrected chi connectivity index (χ0v) is 20.0. The van der Waals surface area contributed by atoms with Gasteiger partial charge in [-0.3, -0.25) is 9.48 Å². The minimum absolute atomic E-state index is 0.0811. The molecule has 3 aromatic rings. The number of amides is 1. The minimum atomic E-state index is -0.701. The molecule has 1 amide bonds. The molecule has 0 radical (unpaired) electrons. The number of aromatic nitrogens is 4. The molecule has 5 rings (SSSR count). The number of nitrogens with one attached hydrogen (secondary N) is 1. The van der Waals surface area contributed by atoms with Crippen LogP contribution in [0.3, 0.4) is 0 Å². The molecule has 178 valence electrons. The van der Waals surface area contributed by atoms with Gasteiger partial charge in [0.2, 0.25) is 0 Å². The van der Waals surface area contributed by atoms with Crippen LogP contribution in [0, 0.1) is 25.2 Å². The molecule has 1 N–H and O–H groups in total. The third kappa shape index (κ3) is 3.35. The Balaban J connectivity index is 1.40. The van der Waals surface area contributed by atoms with Gasteiger partial charge in [-0.15, -0.1) is 0 Å². The number of methoxy groups -OCH3 is 2. The van der Waals surface area contributed by atoms with E-state index >= 15 is 0 Å². The van der Waals surface area contributed by atoms with Gasteiger partial charge in [-0.05, 0) is 32.8 Å². The van der Waals surface area contributed by atoms with Crippen molar-refractivity contribution in [1.82, 2.24) is 29.6 Å². The Kier molecular flexibility index (Phi) is 5.54. The molecule has 10 nitrogen and oxygen atoms in total. The summed E-state index contributed by atoms with van der Waals surface area (Å²) in [6.07, 6.45) is 5.15. The number of pyridine rings is 1. The lowest BCUT2D eigenvalue weighted by Gasteiger charge is -2.44. The Morgan fingerprint density at radius 3 is 2.59 bits per heavy atom. The Morgan fingerprint density at radius 1 is 1.26 bits per heavy atom. The number of rotatable bonds is 5. The number of nitriles is 1. The summed E-state index contributed by atoms with van der Waals surface area (Å²) >= 11 is 0. The summed E-state index contributed by atoms with van der Waals surface area (Å²) in [5.41, 5.74) is 4.38. The molecule has 0 unspecified atom stereocenters. The van der Waals surface area contributed by atoms with Crippen molar-refractivity contribution in [3.05, 3.63) is 35.4 Å². The van der Waals surface area contributed by atoms with Gasteiger partial charge in [-0.1, -0.05) is 0 Å². The van der Waals surface area contributed by atoms with Gasteiger partial charge in [0, 0.05) is 56.3 Å². The maximum Gasteiger partial charge on any atom is 0.257 e. The Hall–Kier alpha value is -3.42. The zero-order chi connectivity index (χ0) is 24.0. The normalized spacial score (nSPS) is 18.0. The van der Waals surface area contributed by atoms with Crippen molar-refractivity contribution < 1.29 is 14.3 Å². The average Bonchev–Trinajstić information content (AvgIpc) is 3.37. The fourth-order valence-corrected chi connectivity index (χ4v) is 5.23. The fourth-order valence-electron chi connectivity index (χ4n) is 5.23. The molecule has 0 spiro atoms. The molecule has 34 heavy (non-hydrogen) atoms. The number of piperidine rings is 1. The van der Waals surface area contributed by atoms with Crippen molar-refractivity contribution in [3.63, 3.8) is 0 Å². The smallest absolute Gasteiger partial charge is 0.257 e. The van der Waals surface area contributed by atoms with E-state index in [1.54, 1.807) is 24.9 Å². The number of likely N-dealkylation sites (tertiary alicyclic amines) is 1. The van der Waals surface area contributed by atoms with E-state index in [9.17, 15) is 10.1 Å². The van der Waals surface area contributed by atoms with Crippen LogP contribution in [0.15, 0.2) is 18.5 Å². The summed E-state index contributed by atoms with van der Waals surface area (Å²) in [5.74, 6) is 0.681. The molecule has 10 heteroatoms. The summed E-state index contributed by atoms with van der Waals surface area (Å²) in [7, 11) is 3.21. The van der Waals surface area contributed by atoms with Crippen LogP contribution in [0.2, 0.25) is 0 Å². The van der Waals surface area contributed by atoms with Gasteiger partial charge >= 0.3 is 0 Å². The van der Waals surface area contributed by atoms with Gasteiger partial charge in [0.05, 0.1) is 25.0 Å². The summed E-state index contributed by atoms with van der Waals surface area (Å²) in [6.45, 7) is 6.60. The summed E-state index contributed by atoms with van der Waals surface area (Å²) in [6, 6.07) is 4.33. The van der Waals surface area contributed by atoms with Gasteiger partial charge in [-0.25, -0.2) is 4.52 Å². The highest BCUT2D eigenvalue weighted by Crippen LogP contribution is 2.35. The number of nitrogens with zero attached hydrogens (tertiary/aromatic N) is 6. The Bertz CT molecular complexity index is 1280. The molecule has 5 heterocycles. The van der Waals surface area contributed by atoms with E-state index in [1.165, 1.54) is 0 Å². The second-order valence-corrected chi connectivity index (χ2v) is 9.08. The van der Waals surface area contributed by atoms with Crippen LogP contribution in [-0.4, -0.2) is 76.2 Å². The molecule has 2 saturated heterocycles. The number of hydrogen-bond donors (Lipinski definition) is 1. The van der Waals surface area contributed by atoms with E-state index in [-0.39, 0.29) is 11.9 Å². The number of ether oxygens (including phenoxy) is 2. The molecule has 2 aliphatic rings. The van der Waals surface area contributed by atoms with Crippen LogP contribution in [0.1, 0.15) is 35.8 Å². The fraction of sp³-hybridized carbons (Fsp3) is 0.500. The third-order valence-electron chi connectivity index (χ3n) is 7.23. The molecule has 2 aliphatic heterocycles. The van der Waals surface area contributed by atoms with E-state index in [2.05, 4.69) is 28.1 Å². The van der Waals surface area contributed by atoms with Crippen LogP contribution in [0.4, 0.5) is 0 Å². The Morgan fingerprint density at radius 2 is 2.00 bits per heavy atom. The predicted molar refractivity (Wildman–Crippen MR) is 125 cm³/mol. The first-order valence-corrected chi connectivity index (χ1v) is 11.5. The first-order valence-electron chi connectivity index (χ1n) is 11.5. The van der Waals surface area contributed by atoms with Crippen molar-refractivity contribution in [3.8, 4) is 22.9 Å². The summed E-state index contributed by atoms with van der Waals surface area (Å²) in [5, 5.41) is 21.8. The second-order valence-electron chi connectivity index (χ2n) is 9.08. The first-order chi connectivity index (χ1) is 16.4.